The molecule has 110 valence electrons. The van der Waals surface area contributed by atoms with E-state index >= 15 is 0 Å². The van der Waals surface area contributed by atoms with Gasteiger partial charge in [0.1, 0.15) is 6.04 Å². The Bertz CT molecular complexity index is 570. The van der Waals surface area contributed by atoms with Crippen LogP contribution in [0.1, 0.15) is 26.2 Å². The number of aliphatic carboxylic acids is 1. The first-order valence-electron chi connectivity index (χ1n) is 6.76. The summed E-state index contributed by atoms with van der Waals surface area (Å²) in [4.78, 5) is 11.6. The molecule has 1 aromatic carbocycles. The fraction of sp³-hybridized carbons (Fsp3) is 0.500. The smallest absolute Gasteiger partial charge is 0.322 e. The first-order chi connectivity index (χ1) is 9.46. The van der Waals surface area contributed by atoms with Crippen molar-refractivity contribution < 1.29 is 18.3 Å². The summed E-state index contributed by atoms with van der Waals surface area (Å²) in [5.41, 5.74) is 0. The van der Waals surface area contributed by atoms with E-state index in [1.807, 2.05) is 6.92 Å². The van der Waals surface area contributed by atoms with Gasteiger partial charge in [-0.15, -0.1) is 0 Å². The highest BCUT2D eigenvalue weighted by Crippen LogP contribution is 2.30. The molecular formula is C14H19NO4S. The lowest BCUT2D eigenvalue weighted by Crippen LogP contribution is -2.49. The average Bonchev–Trinajstić information content (AvgIpc) is 2.47. The van der Waals surface area contributed by atoms with E-state index in [-0.39, 0.29) is 17.4 Å². The Morgan fingerprint density at radius 2 is 2.00 bits per heavy atom. The topological polar surface area (TPSA) is 74.7 Å². The van der Waals surface area contributed by atoms with Gasteiger partial charge in [-0.1, -0.05) is 31.5 Å². The highest BCUT2D eigenvalue weighted by molar-refractivity contribution is 7.89. The Balaban J connectivity index is 2.33. The number of hydrogen-bond donors (Lipinski definition) is 1. The maximum absolute atomic E-state index is 12.6. The molecule has 2 atom stereocenters. The summed E-state index contributed by atoms with van der Waals surface area (Å²) in [6, 6.07) is 7.05. The van der Waals surface area contributed by atoms with Crippen molar-refractivity contribution in [3.8, 4) is 0 Å². The van der Waals surface area contributed by atoms with Crippen molar-refractivity contribution in [1.29, 1.82) is 0 Å². The highest BCUT2D eigenvalue weighted by Gasteiger charge is 2.40. The van der Waals surface area contributed by atoms with Crippen LogP contribution in [0.4, 0.5) is 0 Å². The molecule has 1 heterocycles. The van der Waals surface area contributed by atoms with E-state index in [9.17, 15) is 18.3 Å². The Kier molecular flexibility index (Phi) is 4.45. The summed E-state index contributed by atoms with van der Waals surface area (Å²) < 4.78 is 26.3. The van der Waals surface area contributed by atoms with Gasteiger partial charge in [0.2, 0.25) is 10.0 Å². The molecule has 0 aromatic heterocycles. The minimum atomic E-state index is -3.74. The van der Waals surface area contributed by atoms with Crippen LogP contribution >= 0.6 is 0 Å². The van der Waals surface area contributed by atoms with Gasteiger partial charge in [0.25, 0.3) is 0 Å². The first kappa shape index (κ1) is 15.0. The van der Waals surface area contributed by atoms with Crippen molar-refractivity contribution in [2.24, 2.45) is 5.92 Å². The van der Waals surface area contributed by atoms with Crippen molar-refractivity contribution in [2.45, 2.75) is 37.1 Å². The maximum atomic E-state index is 12.6. The fourth-order valence-corrected chi connectivity index (χ4v) is 4.26. The minimum Gasteiger partial charge on any atom is -0.480 e. The molecule has 2 unspecified atom stereocenters. The molecule has 5 nitrogen and oxygen atoms in total. The van der Waals surface area contributed by atoms with Crippen molar-refractivity contribution in [2.75, 3.05) is 6.54 Å². The second kappa shape index (κ2) is 5.93. The molecule has 1 aliphatic heterocycles. The van der Waals surface area contributed by atoms with Crippen LogP contribution in [0, 0.1) is 5.92 Å². The lowest BCUT2D eigenvalue weighted by atomic mass is 9.90. The van der Waals surface area contributed by atoms with Crippen molar-refractivity contribution >= 4 is 16.0 Å². The Hall–Kier alpha value is -1.40. The number of carboxylic acid groups (broad SMARTS) is 1. The largest absolute Gasteiger partial charge is 0.480 e. The molecule has 0 saturated carbocycles. The zero-order chi connectivity index (χ0) is 14.8. The van der Waals surface area contributed by atoms with Gasteiger partial charge in [0.15, 0.2) is 0 Å². The Morgan fingerprint density at radius 3 is 2.55 bits per heavy atom. The molecule has 1 aliphatic rings. The summed E-state index contributed by atoms with van der Waals surface area (Å²) in [6.07, 6.45) is 1.98. The molecule has 1 aromatic rings. The lowest BCUT2D eigenvalue weighted by Gasteiger charge is -2.35. The molecule has 0 aliphatic carbocycles. The SMILES string of the molecule is CCC1CCN(S(=O)(=O)c2ccccc2)C(C(=O)O)C1. The number of sulfonamides is 1. The van der Waals surface area contributed by atoms with Crippen molar-refractivity contribution in [3.05, 3.63) is 30.3 Å². The summed E-state index contributed by atoms with van der Waals surface area (Å²) in [5, 5.41) is 9.33. The van der Waals surface area contributed by atoms with Gasteiger partial charge in [-0.05, 0) is 30.9 Å². The van der Waals surface area contributed by atoms with E-state index in [1.54, 1.807) is 18.2 Å². The van der Waals surface area contributed by atoms with E-state index < -0.39 is 22.0 Å². The molecule has 0 radical (unpaired) electrons. The Morgan fingerprint density at radius 1 is 1.35 bits per heavy atom. The number of benzene rings is 1. The molecule has 1 saturated heterocycles. The maximum Gasteiger partial charge on any atom is 0.322 e. The summed E-state index contributed by atoms with van der Waals surface area (Å²) in [7, 11) is -3.74. The lowest BCUT2D eigenvalue weighted by molar-refractivity contribution is -0.143. The van der Waals surface area contributed by atoms with Gasteiger partial charge in [0.05, 0.1) is 4.90 Å². The number of nitrogens with zero attached hydrogens (tertiary/aromatic N) is 1. The van der Waals surface area contributed by atoms with Crippen LogP contribution in [-0.2, 0) is 14.8 Å². The van der Waals surface area contributed by atoms with Crippen molar-refractivity contribution in [1.82, 2.24) is 4.31 Å². The molecular weight excluding hydrogens is 278 g/mol. The van der Waals surface area contributed by atoms with Crippen LogP contribution in [0.15, 0.2) is 35.2 Å². The zero-order valence-corrected chi connectivity index (χ0v) is 12.2. The zero-order valence-electron chi connectivity index (χ0n) is 11.4. The third-order valence-corrected chi connectivity index (χ3v) is 5.80. The van der Waals surface area contributed by atoms with Crippen LogP contribution in [0.5, 0.6) is 0 Å². The van der Waals surface area contributed by atoms with E-state index in [4.69, 9.17) is 0 Å². The van der Waals surface area contributed by atoms with Gasteiger partial charge < -0.3 is 5.11 Å². The van der Waals surface area contributed by atoms with Crippen LogP contribution in [0.25, 0.3) is 0 Å². The van der Waals surface area contributed by atoms with Gasteiger partial charge in [-0.25, -0.2) is 8.42 Å². The summed E-state index contributed by atoms with van der Waals surface area (Å²) in [6.45, 7) is 2.28. The monoisotopic (exact) mass is 297 g/mol. The number of piperidine rings is 1. The van der Waals surface area contributed by atoms with Crippen LogP contribution in [0.3, 0.4) is 0 Å². The third-order valence-electron chi connectivity index (χ3n) is 3.87. The second-order valence-corrected chi connectivity index (χ2v) is 6.97. The normalized spacial score (nSPS) is 24.4. The molecule has 20 heavy (non-hydrogen) atoms. The highest BCUT2D eigenvalue weighted by atomic mass is 32.2. The fourth-order valence-electron chi connectivity index (χ4n) is 2.63. The Labute approximate surface area is 119 Å². The minimum absolute atomic E-state index is 0.154. The predicted octanol–water partition coefficient (Wildman–Crippen LogP) is 1.95. The average molecular weight is 297 g/mol. The third kappa shape index (κ3) is 2.86. The van der Waals surface area contributed by atoms with Crippen LogP contribution in [0.2, 0.25) is 0 Å². The number of hydrogen-bond acceptors (Lipinski definition) is 3. The van der Waals surface area contributed by atoms with E-state index in [2.05, 4.69) is 0 Å². The van der Waals surface area contributed by atoms with Crippen molar-refractivity contribution in [3.63, 3.8) is 0 Å². The van der Waals surface area contributed by atoms with Gasteiger partial charge >= 0.3 is 5.97 Å². The molecule has 0 amide bonds. The molecule has 1 N–H and O–H groups in total. The first-order valence-corrected chi connectivity index (χ1v) is 8.20. The van der Waals surface area contributed by atoms with Gasteiger partial charge in [0, 0.05) is 6.54 Å². The molecule has 0 bridgehead atoms. The van der Waals surface area contributed by atoms with Gasteiger partial charge in [-0.2, -0.15) is 4.31 Å². The van der Waals surface area contributed by atoms with E-state index in [0.717, 1.165) is 10.7 Å². The van der Waals surface area contributed by atoms with Crippen LogP contribution < -0.4 is 0 Å². The van der Waals surface area contributed by atoms with Gasteiger partial charge in [-0.3, -0.25) is 4.79 Å². The number of carbonyl (C=O) groups is 1. The molecule has 1 fully saturated rings. The number of rotatable bonds is 4. The van der Waals surface area contributed by atoms with E-state index in [0.29, 0.717) is 12.8 Å². The van der Waals surface area contributed by atoms with Crippen LogP contribution in [-0.4, -0.2) is 36.4 Å². The molecule has 6 heteroatoms. The standard InChI is InChI=1S/C14H19NO4S/c1-2-11-8-9-15(13(10-11)14(16)17)20(18,19)12-6-4-3-5-7-12/h3-7,11,13H,2,8-10H2,1H3,(H,16,17). The summed E-state index contributed by atoms with van der Waals surface area (Å²) in [5.74, 6) is -0.791. The van der Waals surface area contributed by atoms with E-state index in [1.165, 1.54) is 12.1 Å². The quantitative estimate of drug-likeness (QED) is 0.921. The summed E-state index contributed by atoms with van der Waals surface area (Å²) >= 11 is 0. The predicted molar refractivity (Wildman–Crippen MR) is 74.8 cm³/mol. The molecule has 0 spiro atoms. The second-order valence-electron chi connectivity index (χ2n) is 5.08. The molecule has 2 rings (SSSR count). The number of carboxylic acids is 1.